The van der Waals surface area contributed by atoms with Gasteiger partial charge in [-0.3, -0.25) is 4.79 Å². The van der Waals surface area contributed by atoms with Gasteiger partial charge in [-0.25, -0.2) is 8.42 Å². The van der Waals surface area contributed by atoms with Gasteiger partial charge < -0.3 is 10.1 Å². The fourth-order valence-corrected chi connectivity index (χ4v) is 5.73. The molecule has 6 nitrogen and oxygen atoms in total. The molecule has 1 amide bonds. The SMILES string of the molecule is COc1ccc(C)c(S(=O)(=O)N2CCC[C@@H]2C(=O)Nc2cc(Cl)c(Cl)cc2Cl)c1. The lowest BCUT2D eigenvalue weighted by molar-refractivity contribution is -0.119. The van der Waals surface area contributed by atoms with Gasteiger partial charge in [0.1, 0.15) is 11.8 Å². The molecule has 0 unspecified atom stereocenters. The van der Waals surface area contributed by atoms with Gasteiger partial charge in [0.05, 0.1) is 32.8 Å². The number of hydrogen-bond donors (Lipinski definition) is 1. The second-order valence-corrected chi connectivity index (χ2v) is 9.72. The molecule has 1 saturated heterocycles. The minimum absolute atomic E-state index is 0.115. The highest BCUT2D eigenvalue weighted by atomic mass is 35.5. The van der Waals surface area contributed by atoms with Crippen LogP contribution in [0, 0.1) is 6.92 Å². The molecule has 10 heteroatoms. The fourth-order valence-electron chi connectivity index (χ4n) is 3.24. The number of nitrogens with one attached hydrogen (secondary N) is 1. The van der Waals surface area contributed by atoms with E-state index in [4.69, 9.17) is 39.5 Å². The number of amides is 1. The highest BCUT2D eigenvalue weighted by Gasteiger charge is 2.40. The van der Waals surface area contributed by atoms with Gasteiger partial charge in [0.2, 0.25) is 15.9 Å². The Labute approximate surface area is 184 Å². The Kier molecular flexibility index (Phi) is 6.65. The van der Waals surface area contributed by atoms with Crippen LogP contribution in [0.1, 0.15) is 18.4 Å². The molecule has 1 N–H and O–H groups in total. The Morgan fingerprint density at radius 2 is 1.83 bits per heavy atom. The maximum Gasteiger partial charge on any atom is 0.244 e. The van der Waals surface area contributed by atoms with Crippen molar-refractivity contribution < 1.29 is 17.9 Å². The molecule has 0 spiro atoms. The molecule has 0 aromatic heterocycles. The quantitative estimate of drug-likeness (QED) is 0.630. The molecule has 1 aliphatic rings. The minimum Gasteiger partial charge on any atom is -0.497 e. The van der Waals surface area contributed by atoms with Crippen molar-refractivity contribution in [3.63, 3.8) is 0 Å². The van der Waals surface area contributed by atoms with Crippen molar-refractivity contribution in [1.29, 1.82) is 0 Å². The zero-order valence-corrected chi connectivity index (χ0v) is 18.8. The average molecular weight is 478 g/mol. The second-order valence-electron chi connectivity index (χ2n) is 6.64. The first kappa shape index (κ1) is 22.2. The van der Waals surface area contributed by atoms with E-state index < -0.39 is 22.0 Å². The molecule has 1 heterocycles. The van der Waals surface area contributed by atoms with E-state index in [2.05, 4.69) is 5.32 Å². The van der Waals surface area contributed by atoms with Crippen LogP contribution in [-0.4, -0.2) is 38.3 Å². The number of anilines is 1. The third kappa shape index (κ3) is 4.49. The first-order chi connectivity index (χ1) is 13.6. The van der Waals surface area contributed by atoms with Crippen LogP contribution in [-0.2, 0) is 14.8 Å². The lowest BCUT2D eigenvalue weighted by atomic mass is 10.2. The van der Waals surface area contributed by atoms with Gasteiger partial charge >= 0.3 is 0 Å². The smallest absolute Gasteiger partial charge is 0.244 e. The Morgan fingerprint density at radius 3 is 2.52 bits per heavy atom. The van der Waals surface area contributed by atoms with Gasteiger partial charge in [-0.15, -0.1) is 0 Å². The monoisotopic (exact) mass is 476 g/mol. The van der Waals surface area contributed by atoms with E-state index in [1.807, 2.05) is 0 Å². The molecule has 2 aromatic rings. The molecule has 2 aromatic carbocycles. The number of carbonyl (C=O) groups excluding carboxylic acids is 1. The number of halogens is 3. The Bertz CT molecular complexity index is 1060. The van der Waals surface area contributed by atoms with Crippen LogP contribution < -0.4 is 10.1 Å². The number of methoxy groups -OCH3 is 1. The molecule has 0 bridgehead atoms. The Morgan fingerprint density at radius 1 is 1.14 bits per heavy atom. The number of benzene rings is 2. The number of rotatable bonds is 5. The van der Waals surface area contributed by atoms with Crippen molar-refractivity contribution in [2.75, 3.05) is 19.0 Å². The summed E-state index contributed by atoms with van der Waals surface area (Å²) in [5, 5.41) is 3.37. The number of sulfonamides is 1. The minimum atomic E-state index is -3.90. The summed E-state index contributed by atoms with van der Waals surface area (Å²) >= 11 is 18.0. The van der Waals surface area contributed by atoms with Crippen molar-refractivity contribution in [2.45, 2.75) is 30.7 Å². The summed E-state index contributed by atoms with van der Waals surface area (Å²) in [6.45, 7) is 1.94. The van der Waals surface area contributed by atoms with Crippen LogP contribution in [0.25, 0.3) is 0 Å². The first-order valence-corrected chi connectivity index (χ1v) is 11.3. The van der Waals surface area contributed by atoms with Crippen LogP contribution >= 0.6 is 34.8 Å². The van der Waals surface area contributed by atoms with E-state index in [1.165, 1.54) is 29.6 Å². The summed E-state index contributed by atoms with van der Waals surface area (Å²) in [5.74, 6) is -0.0520. The Balaban J connectivity index is 1.90. The maximum absolute atomic E-state index is 13.3. The summed E-state index contributed by atoms with van der Waals surface area (Å²) in [6, 6.07) is 6.82. The van der Waals surface area contributed by atoms with Crippen molar-refractivity contribution in [3.8, 4) is 5.75 Å². The van der Waals surface area contributed by atoms with Crippen molar-refractivity contribution >= 4 is 56.4 Å². The largest absolute Gasteiger partial charge is 0.497 e. The summed E-state index contributed by atoms with van der Waals surface area (Å²) in [6.07, 6.45) is 0.961. The van der Waals surface area contributed by atoms with Crippen molar-refractivity contribution in [1.82, 2.24) is 4.31 Å². The van der Waals surface area contributed by atoms with E-state index >= 15 is 0 Å². The van der Waals surface area contributed by atoms with E-state index in [9.17, 15) is 13.2 Å². The molecule has 1 atom stereocenters. The highest BCUT2D eigenvalue weighted by Crippen LogP contribution is 2.34. The zero-order valence-electron chi connectivity index (χ0n) is 15.7. The molecular weight excluding hydrogens is 459 g/mol. The van der Waals surface area contributed by atoms with Crippen molar-refractivity contribution in [3.05, 3.63) is 51.0 Å². The van der Waals surface area contributed by atoms with Crippen LogP contribution in [0.2, 0.25) is 15.1 Å². The zero-order chi connectivity index (χ0) is 21.3. The van der Waals surface area contributed by atoms with Gasteiger partial charge in [-0.05, 0) is 43.5 Å². The normalized spacial score (nSPS) is 17.3. The summed E-state index contributed by atoms with van der Waals surface area (Å²) < 4.78 is 32.9. The molecule has 3 rings (SSSR count). The molecule has 1 aliphatic heterocycles. The summed E-state index contributed by atoms with van der Waals surface area (Å²) in [4.78, 5) is 13.0. The van der Waals surface area contributed by atoms with Crippen LogP contribution in [0.4, 0.5) is 5.69 Å². The van der Waals surface area contributed by atoms with E-state index in [0.717, 1.165) is 0 Å². The highest BCUT2D eigenvalue weighted by molar-refractivity contribution is 7.89. The molecule has 0 saturated carbocycles. The molecular formula is C19H19Cl3N2O4S. The summed E-state index contributed by atoms with van der Waals surface area (Å²) in [5.41, 5.74) is 0.845. The van der Waals surface area contributed by atoms with E-state index in [1.54, 1.807) is 19.1 Å². The predicted molar refractivity (Wildman–Crippen MR) is 115 cm³/mol. The predicted octanol–water partition coefficient (Wildman–Crippen LogP) is 4.76. The van der Waals surface area contributed by atoms with Gasteiger partial charge in [-0.1, -0.05) is 40.9 Å². The lowest BCUT2D eigenvalue weighted by Gasteiger charge is -2.24. The maximum atomic E-state index is 13.3. The number of aryl methyl sites for hydroxylation is 1. The third-order valence-corrected chi connectivity index (χ3v) is 7.84. The van der Waals surface area contributed by atoms with Gasteiger partial charge in [0.15, 0.2) is 0 Å². The van der Waals surface area contributed by atoms with E-state index in [0.29, 0.717) is 24.2 Å². The first-order valence-electron chi connectivity index (χ1n) is 8.77. The number of ether oxygens (including phenoxy) is 1. The number of carbonyl (C=O) groups is 1. The van der Waals surface area contributed by atoms with Gasteiger partial charge in [-0.2, -0.15) is 4.31 Å². The van der Waals surface area contributed by atoms with Gasteiger partial charge in [0, 0.05) is 12.6 Å². The third-order valence-electron chi connectivity index (χ3n) is 4.76. The average Bonchev–Trinajstić information content (AvgIpc) is 3.17. The summed E-state index contributed by atoms with van der Waals surface area (Å²) in [7, 11) is -2.43. The second kappa shape index (κ2) is 8.70. The lowest BCUT2D eigenvalue weighted by Crippen LogP contribution is -2.43. The number of hydrogen-bond acceptors (Lipinski definition) is 4. The molecule has 0 radical (unpaired) electrons. The molecule has 1 fully saturated rings. The van der Waals surface area contributed by atoms with Crippen molar-refractivity contribution in [2.24, 2.45) is 0 Å². The molecule has 29 heavy (non-hydrogen) atoms. The fraction of sp³-hybridized carbons (Fsp3) is 0.316. The molecule has 156 valence electrons. The van der Waals surface area contributed by atoms with Crippen LogP contribution in [0.3, 0.4) is 0 Å². The Hall–Kier alpha value is -1.51. The van der Waals surface area contributed by atoms with Crippen LogP contribution in [0.15, 0.2) is 35.2 Å². The topological polar surface area (TPSA) is 75.7 Å². The van der Waals surface area contributed by atoms with E-state index in [-0.39, 0.29) is 32.2 Å². The number of nitrogens with zero attached hydrogens (tertiary/aromatic N) is 1. The standard InChI is InChI=1S/C19H19Cl3N2O4S/c1-11-5-6-12(28-2)8-18(11)29(26,27)24-7-3-4-17(24)19(25)23-16-10-14(21)13(20)9-15(16)22/h5-6,8-10,17H,3-4,7H2,1-2H3,(H,23,25)/t17-/m1/s1. The van der Waals surface area contributed by atoms with Crippen LogP contribution in [0.5, 0.6) is 5.75 Å². The van der Waals surface area contributed by atoms with Gasteiger partial charge in [0.25, 0.3) is 0 Å². The molecule has 0 aliphatic carbocycles.